The zero-order valence-corrected chi connectivity index (χ0v) is 15.0. The minimum atomic E-state index is -3.53. The number of hydrogen-bond donors (Lipinski definition) is 3. The van der Waals surface area contributed by atoms with E-state index in [4.69, 9.17) is 0 Å². The summed E-state index contributed by atoms with van der Waals surface area (Å²) in [6, 6.07) is 10.2. The minimum absolute atomic E-state index is 0.289. The van der Waals surface area contributed by atoms with E-state index in [1.807, 2.05) is 31.2 Å². The Morgan fingerprint density at radius 3 is 2.84 bits per heavy atom. The lowest BCUT2D eigenvalue weighted by Crippen LogP contribution is -2.37. The summed E-state index contributed by atoms with van der Waals surface area (Å²) >= 11 is 0. The number of aryl methyl sites for hydroxylation is 1. The van der Waals surface area contributed by atoms with Crippen LogP contribution in [0.3, 0.4) is 0 Å². The molecule has 1 aromatic carbocycles. The Kier molecular flexibility index (Phi) is 4.23. The summed E-state index contributed by atoms with van der Waals surface area (Å²) in [6.07, 6.45) is 2.23. The summed E-state index contributed by atoms with van der Waals surface area (Å²) in [7, 11) is -3.53. The molecule has 7 heteroatoms. The highest BCUT2D eigenvalue weighted by Crippen LogP contribution is 2.35. The Morgan fingerprint density at radius 1 is 1.24 bits per heavy atom. The number of hydrogen-bond acceptors (Lipinski definition) is 4. The molecule has 2 aliphatic heterocycles. The van der Waals surface area contributed by atoms with Gasteiger partial charge in [-0.3, -0.25) is 4.72 Å². The van der Waals surface area contributed by atoms with Crippen LogP contribution in [-0.4, -0.2) is 26.5 Å². The van der Waals surface area contributed by atoms with Crippen LogP contribution < -0.4 is 14.8 Å². The van der Waals surface area contributed by atoms with E-state index in [9.17, 15) is 8.42 Å². The van der Waals surface area contributed by atoms with E-state index in [0.717, 1.165) is 48.3 Å². The second-order valence-electron chi connectivity index (χ2n) is 6.71. The first-order valence-corrected chi connectivity index (χ1v) is 10.1. The summed E-state index contributed by atoms with van der Waals surface area (Å²) in [4.78, 5) is 4.64. The normalized spacial score (nSPS) is 22.0. The molecule has 3 N–H and O–H groups in total. The van der Waals surface area contributed by atoms with Crippen molar-refractivity contribution in [3.63, 3.8) is 0 Å². The van der Waals surface area contributed by atoms with Gasteiger partial charge >= 0.3 is 10.2 Å². The lowest BCUT2D eigenvalue weighted by molar-refractivity contribution is 0.459. The second kappa shape index (κ2) is 6.40. The summed E-state index contributed by atoms with van der Waals surface area (Å²) < 4.78 is 29.0. The van der Waals surface area contributed by atoms with Crippen LogP contribution in [0.5, 0.6) is 0 Å². The maximum atomic E-state index is 11.9. The number of nitrogens with one attached hydrogen (secondary N) is 3. The van der Waals surface area contributed by atoms with Crippen LogP contribution in [0.1, 0.15) is 35.4 Å². The predicted molar refractivity (Wildman–Crippen MR) is 98.6 cm³/mol. The summed E-state index contributed by atoms with van der Waals surface area (Å²) in [6.45, 7) is 4.29. The van der Waals surface area contributed by atoms with Crippen LogP contribution in [0, 0.1) is 6.92 Å². The molecule has 25 heavy (non-hydrogen) atoms. The monoisotopic (exact) mass is 358 g/mol. The van der Waals surface area contributed by atoms with E-state index in [-0.39, 0.29) is 6.54 Å². The van der Waals surface area contributed by atoms with Gasteiger partial charge in [0.2, 0.25) is 0 Å². The fourth-order valence-corrected chi connectivity index (χ4v) is 4.50. The number of nitrogens with zero attached hydrogens (tertiary/aromatic N) is 1. The largest absolute Gasteiger partial charge is 0.316 e. The third-order valence-electron chi connectivity index (χ3n) is 4.99. The number of rotatable bonds is 2. The van der Waals surface area contributed by atoms with Crippen LogP contribution in [0.25, 0.3) is 11.3 Å². The quantitative estimate of drug-likeness (QED) is 0.769. The van der Waals surface area contributed by atoms with Crippen LogP contribution in [0.4, 0.5) is 5.82 Å². The molecule has 0 saturated carbocycles. The van der Waals surface area contributed by atoms with Gasteiger partial charge in [-0.25, -0.2) is 4.98 Å². The molecule has 132 valence electrons. The molecule has 1 unspecified atom stereocenters. The molecule has 0 amide bonds. The highest BCUT2D eigenvalue weighted by atomic mass is 32.2. The molecule has 3 heterocycles. The summed E-state index contributed by atoms with van der Waals surface area (Å²) in [5.41, 5.74) is 5.13. The van der Waals surface area contributed by atoms with Crippen molar-refractivity contribution in [2.24, 2.45) is 0 Å². The molecule has 0 spiro atoms. The van der Waals surface area contributed by atoms with Gasteiger partial charge in [-0.15, -0.1) is 0 Å². The fourth-order valence-electron chi connectivity index (χ4n) is 3.67. The van der Waals surface area contributed by atoms with Gasteiger partial charge in [-0.1, -0.05) is 24.3 Å². The zero-order valence-electron chi connectivity index (χ0n) is 14.2. The van der Waals surface area contributed by atoms with Crippen LogP contribution >= 0.6 is 0 Å². The van der Waals surface area contributed by atoms with Gasteiger partial charge in [-0.05, 0) is 49.4 Å². The van der Waals surface area contributed by atoms with Crippen molar-refractivity contribution >= 4 is 16.0 Å². The minimum Gasteiger partial charge on any atom is -0.316 e. The Bertz CT molecular complexity index is 905. The standard InChI is InChI=1S/C18H22N4O2S/c1-12-5-2-3-7-14(12)17-9-15(13-6-4-8-19-10-13)16-11-20-25(23,24)22-18(16)21-17/h2-3,5,7,9,13,19-20H,4,6,8,10-11H2,1H3,(H,21,22). The molecular weight excluding hydrogens is 336 g/mol. The first-order valence-electron chi connectivity index (χ1n) is 8.61. The lowest BCUT2D eigenvalue weighted by atomic mass is 9.87. The molecule has 0 bridgehead atoms. The number of piperidine rings is 1. The highest BCUT2D eigenvalue weighted by Gasteiger charge is 2.28. The third-order valence-corrected chi connectivity index (χ3v) is 5.97. The molecule has 1 aromatic heterocycles. The third kappa shape index (κ3) is 3.27. The van der Waals surface area contributed by atoms with Gasteiger partial charge in [0, 0.05) is 24.2 Å². The first kappa shape index (κ1) is 16.5. The number of pyridine rings is 1. The number of benzene rings is 1. The van der Waals surface area contributed by atoms with Gasteiger partial charge in [0.25, 0.3) is 0 Å². The van der Waals surface area contributed by atoms with Crippen molar-refractivity contribution in [3.05, 3.63) is 47.0 Å². The van der Waals surface area contributed by atoms with Crippen molar-refractivity contribution in [2.45, 2.75) is 32.2 Å². The lowest BCUT2D eigenvalue weighted by Gasteiger charge is -2.29. The summed E-state index contributed by atoms with van der Waals surface area (Å²) in [5.74, 6) is 0.831. The van der Waals surface area contributed by atoms with Gasteiger partial charge in [0.05, 0.1) is 5.69 Å². The van der Waals surface area contributed by atoms with E-state index in [2.05, 4.69) is 25.8 Å². The van der Waals surface area contributed by atoms with Crippen molar-refractivity contribution in [1.82, 2.24) is 15.0 Å². The average Bonchev–Trinajstić information content (AvgIpc) is 2.61. The molecule has 0 radical (unpaired) electrons. The van der Waals surface area contributed by atoms with Crippen molar-refractivity contribution < 1.29 is 8.42 Å². The van der Waals surface area contributed by atoms with Gasteiger partial charge in [-0.2, -0.15) is 13.1 Å². The maximum Gasteiger partial charge on any atom is 0.300 e. The van der Waals surface area contributed by atoms with E-state index in [1.54, 1.807) is 0 Å². The molecule has 2 aliphatic rings. The first-order chi connectivity index (χ1) is 12.0. The molecule has 1 fully saturated rings. The number of anilines is 1. The Balaban J connectivity index is 1.87. The van der Waals surface area contributed by atoms with Crippen LogP contribution in [0.2, 0.25) is 0 Å². The fraction of sp³-hybridized carbons (Fsp3) is 0.389. The molecular formula is C18H22N4O2S. The molecule has 6 nitrogen and oxygen atoms in total. The van der Waals surface area contributed by atoms with Crippen LogP contribution in [-0.2, 0) is 16.8 Å². The smallest absolute Gasteiger partial charge is 0.300 e. The topological polar surface area (TPSA) is 83.1 Å². The second-order valence-corrected chi connectivity index (χ2v) is 8.21. The van der Waals surface area contributed by atoms with Crippen molar-refractivity contribution in [3.8, 4) is 11.3 Å². The molecule has 1 saturated heterocycles. The predicted octanol–water partition coefficient (Wildman–Crippen LogP) is 2.28. The average molecular weight is 358 g/mol. The van der Waals surface area contributed by atoms with E-state index >= 15 is 0 Å². The number of aromatic nitrogens is 1. The van der Waals surface area contributed by atoms with E-state index < -0.39 is 10.2 Å². The van der Waals surface area contributed by atoms with Crippen molar-refractivity contribution in [2.75, 3.05) is 17.8 Å². The van der Waals surface area contributed by atoms with Gasteiger partial charge < -0.3 is 5.32 Å². The van der Waals surface area contributed by atoms with Gasteiger partial charge in [0.15, 0.2) is 0 Å². The maximum absolute atomic E-state index is 11.9. The molecule has 0 aliphatic carbocycles. The van der Waals surface area contributed by atoms with Crippen molar-refractivity contribution in [1.29, 1.82) is 0 Å². The van der Waals surface area contributed by atoms with E-state index in [0.29, 0.717) is 11.7 Å². The summed E-state index contributed by atoms with van der Waals surface area (Å²) in [5, 5.41) is 3.45. The molecule has 2 aromatic rings. The molecule has 1 atom stereocenters. The Labute approximate surface area is 148 Å². The SMILES string of the molecule is Cc1ccccc1-c1cc(C2CCCNC2)c2c(n1)NS(=O)(=O)NC2. The Hall–Kier alpha value is -1.96. The molecule has 4 rings (SSSR count). The zero-order chi connectivity index (χ0) is 17.4. The van der Waals surface area contributed by atoms with Gasteiger partial charge in [0.1, 0.15) is 5.82 Å². The number of fused-ring (bicyclic) bond motifs is 1. The highest BCUT2D eigenvalue weighted by molar-refractivity contribution is 7.90. The van der Waals surface area contributed by atoms with E-state index in [1.165, 1.54) is 5.56 Å². The Morgan fingerprint density at radius 2 is 2.08 bits per heavy atom. The van der Waals surface area contributed by atoms with Crippen LogP contribution in [0.15, 0.2) is 30.3 Å².